The molecule has 0 aromatic heterocycles. The first-order valence-electron chi connectivity index (χ1n) is 5.07. The van der Waals surface area contributed by atoms with Crippen LogP contribution in [0.15, 0.2) is 48.5 Å². The predicted octanol–water partition coefficient (Wildman–Crippen LogP) is 2.87. The van der Waals surface area contributed by atoms with Crippen LogP contribution in [0.3, 0.4) is 0 Å². The van der Waals surface area contributed by atoms with E-state index in [1.807, 2.05) is 0 Å². The van der Waals surface area contributed by atoms with E-state index in [1.54, 1.807) is 30.3 Å². The van der Waals surface area contributed by atoms with Gasteiger partial charge in [-0.15, -0.1) is 0 Å². The average Bonchev–Trinajstić information content (AvgIpc) is 2.39. The molecule has 0 atom stereocenters. The first-order chi connectivity index (χ1) is 8.22. The fourth-order valence-electron chi connectivity index (χ4n) is 1.57. The van der Waals surface area contributed by atoms with Gasteiger partial charge in [-0.2, -0.15) is 0 Å². The van der Waals surface area contributed by atoms with Crippen molar-refractivity contribution in [3.05, 3.63) is 71.0 Å². The number of carbonyl (C=O) groups is 2. The lowest BCUT2D eigenvalue weighted by molar-refractivity contribution is 0.102. The Morgan fingerprint density at radius 1 is 1.06 bits per heavy atom. The minimum Gasteiger partial charge on any atom is -0.298 e. The zero-order valence-electron chi connectivity index (χ0n) is 8.89. The largest absolute Gasteiger partial charge is 0.298 e. The summed E-state index contributed by atoms with van der Waals surface area (Å²) in [4.78, 5) is 22.9. The second-order valence-electron chi connectivity index (χ2n) is 3.54. The fraction of sp³-hybridized carbons (Fsp3) is 0. The van der Waals surface area contributed by atoms with E-state index in [1.165, 1.54) is 6.07 Å². The van der Waals surface area contributed by atoms with Crippen molar-refractivity contribution in [1.82, 2.24) is 0 Å². The van der Waals surface area contributed by atoms with Crippen LogP contribution in [0, 0.1) is 5.82 Å². The van der Waals surface area contributed by atoms with E-state index in [-0.39, 0.29) is 16.9 Å². The van der Waals surface area contributed by atoms with Gasteiger partial charge in [-0.1, -0.05) is 30.3 Å². The minimum absolute atomic E-state index is 0.0891. The highest BCUT2D eigenvalue weighted by Crippen LogP contribution is 2.14. The Morgan fingerprint density at radius 3 is 2.41 bits per heavy atom. The Hall–Kier alpha value is -2.29. The van der Waals surface area contributed by atoms with Crippen LogP contribution in [0.1, 0.15) is 26.3 Å². The molecule has 0 radical (unpaired) electrons. The molecule has 2 rings (SSSR count). The van der Waals surface area contributed by atoms with Crippen molar-refractivity contribution in [2.45, 2.75) is 0 Å². The standard InChI is InChI=1S/C14H9FO2/c15-12-7-6-11(9-16)13(8-12)14(17)10-4-2-1-3-5-10/h1-9H. The van der Waals surface area contributed by atoms with Gasteiger partial charge in [-0.25, -0.2) is 4.39 Å². The zero-order valence-corrected chi connectivity index (χ0v) is 8.89. The molecule has 0 heterocycles. The molecule has 17 heavy (non-hydrogen) atoms. The van der Waals surface area contributed by atoms with E-state index in [0.29, 0.717) is 11.8 Å². The number of rotatable bonds is 3. The molecule has 0 saturated heterocycles. The van der Waals surface area contributed by atoms with Crippen LogP contribution in [-0.4, -0.2) is 12.1 Å². The molecule has 0 N–H and O–H groups in total. The molecule has 84 valence electrons. The molecule has 2 aromatic carbocycles. The molecule has 0 amide bonds. The summed E-state index contributed by atoms with van der Waals surface area (Å²) in [5.41, 5.74) is 0.715. The molecule has 0 aliphatic heterocycles. The van der Waals surface area contributed by atoms with Crippen molar-refractivity contribution in [2.24, 2.45) is 0 Å². The maximum Gasteiger partial charge on any atom is 0.193 e. The van der Waals surface area contributed by atoms with Crippen LogP contribution in [0.25, 0.3) is 0 Å². The smallest absolute Gasteiger partial charge is 0.193 e. The summed E-state index contributed by atoms with van der Waals surface area (Å²) in [6.07, 6.45) is 0.551. The summed E-state index contributed by atoms with van der Waals surface area (Å²) in [7, 11) is 0. The minimum atomic E-state index is -0.533. The van der Waals surface area contributed by atoms with Crippen LogP contribution in [0.4, 0.5) is 4.39 Å². The normalized spacial score (nSPS) is 9.94. The molecule has 3 heteroatoms. The van der Waals surface area contributed by atoms with E-state index in [2.05, 4.69) is 0 Å². The van der Waals surface area contributed by atoms with Crippen molar-refractivity contribution in [2.75, 3.05) is 0 Å². The molecule has 0 spiro atoms. The molecular weight excluding hydrogens is 219 g/mol. The van der Waals surface area contributed by atoms with Gasteiger partial charge in [0.25, 0.3) is 0 Å². The Balaban J connectivity index is 2.50. The zero-order chi connectivity index (χ0) is 12.3. The molecule has 0 aliphatic rings. The Morgan fingerprint density at radius 2 is 1.76 bits per heavy atom. The number of ketones is 1. The van der Waals surface area contributed by atoms with Gasteiger partial charge < -0.3 is 0 Å². The first kappa shape index (κ1) is 11.2. The van der Waals surface area contributed by atoms with Crippen molar-refractivity contribution in [3.63, 3.8) is 0 Å². The number of aldehydes is 1. The van der Waals surface area contributed by atoms with Crippen molar-refractivity contribution < 1.29 is 14.0 Å². The van der Waals surface area contributed by atoms with Gasteiger partial charge in [0.05, 0.1) is 0 Å². The van der Waals surface area contributed by atoms with E-state index in [0.717, 1.165) is 12.1 Å². The predicted molar refractivity (Wildman–Crippen MR) is 61.7 cm³/mol. The number of halogens is 1. The van der Waals surface area contributed by atoms with Crippen molar-refractivity contribution in [1.29, 1.82) is 0 Å². The van der Waals surface area contributed by atoms with Crippen LogP contribution in [0.5, 0.6) is 0 Å². The van der Waals surface area contributed by atoms with Gasteiger partial charge in [0.2, 0.25) is 0 Å². The lowest BCUT2D eigenvalue weighted by Gasteiger charge is -2.04. The Labute approximate surface area is 97.7 Å². The highest BCUT2D eigenvalue weighted by molar-refractivity contribution is 6.12. The SMILES string of the molecule is O=Cc1ccc(F)cc1C(=O)c1ccccc1. The summed E-state index contributed by atoms with van der Waals surface area (Å²) in [5, 5.41) is 0. The summed E-state index contributed by atoms with van der Waals surface area (Å²) in [5.74, 6) is -0.887. The van der Waals surface area contributed by atoms with Gasteiger partial charge in [0.1, 0.15) is 5.82 Å². The van der Waals surface area contributed by atoms with Gasteiger partial charge in [-0.3, -0.25) is 9.59 Å². The van der Waals surface area contributed by atoms with Crippen LogP contribution in [0.2, 0.25) is 0 Å². The monoisotopic (exact) mass is 228 g/mol. The summed E-state index contributed by atoms with van der Waals surface area (Å²) < 4.78 is 13.1. The average molecular weight is 228 g/mol. The van der Waals surface area contributed by atoms with Crippen molar-refractivity contribution in [3.8, 4) is 0 Å². The number of hydrogen-bond acceptors (Lipinski definition) is 2. The van der Waals surface area contributed by atoms with Gasteiger partial charge >= 0.3 is 0 Å². The van der Waals surface area contributed by atoms with Crippen molar-refractivity contribution >= 4 is 12.1 Å². The number of carbonyl (C=O) groups excluding carboxylic acids is 2. The molecule has 0 saturated carbocycles. The fourth-order valence-corrected chi connectivity index (χ4v) is 1.57. The summed E-state index contributed by atoms with van der Waals surface area (Å²) in [6, 6.07) is 12.0. The van der Waals surface area contributed by atoms with Gasteiger partial charge in [0, 0.05) is 16.7 Å². The first-order valence-corrected chi connectivity index (χ1v) is 5.07. The second kappa shape index (κ2) is 4.70. The second-order valence-corrected chi connectivity index (χ2v) is 3.54. The van der Waals surface area contributed by atoms with Gasteiger partial charge in [0.15, 0.2) is 12.1 Å². The maximum absolute atomic E-state index is 13.1. The molecule has 2 aromatic rings. The lowest BCUT2D eigenvalue weighted by Crippen LogP contribution is -2.05. The molecule has 2 nitrogen and oxygen atoms in total. The number of benzene rings is 2. The maximum atomic E-state index is 13.1. The highest BCUT2D eigenvalue weighted by Gasteiger charge is 2.13. The quantitative estimate of drug-likeness (QED) is 0.598. The number of hydrogen-bond donors (Lipinski definition) is 0. The topological polar surface area (TPSA) is 34.1 Å². The molecule has 0 aliphatic carbocycles. The van der Waals surface area contributed by atoms with E-state index in [4.69, 9.17) is 0 Å². The van der Waals surface area contributed by atoms with Crippen LogP contribution < -0.4 is 0 Å². The van der Waals surface area contributed by atoms with Crippen LogP contribution >= 0.6 is 0 Å². The Bertz CT molecular complexity index is 562. The van der Waals surface area contributed by atoms with Gasteiger partial charge in [-0.05, 0) is 18.2 Å². The van der Waals surface area contributed by atoms with E-state index < -0.39 is 5.82 Å². The highest BCUT2D eigenvalue weighted by atomic mass is 19.1. The molecule has 0 fully saturated rings. The third kappa shape index (κ3) is 2.28. The third-order valence-corrected chi connectivity index (χ3v) is 2.42. The lowest BCUT2D eigenvalue weighted by atomic mass is 9.99. The molecular formula is C14H9FO2. The third-order valence-electron chi connectivity index (χ3n) is 2.42. The summed E-state index contributed by atoms with van der Waals surface area (Å²) >= 11 is 0. The molecule has 0 bridgehead atoms. The molecule has 0 unspecified atom stereocenters. The Kier molecular flexibility index (Phi) is 3.10. The van der Waals surface area contributed by atoms with Crippen LogP contribution in [-0.2, 0) is 0 Å². The van der Waals surface area contributed by atoms with E-state index in [9.17, 15) is 14.0 Å². The summed E-state index contributed by atoms with van der Waals surface area (Å²) in [6.45, 7) is 0. The van der Waals surface area contributed by atoms with E-state index >= 15 is 0 Å².